The molecule has 2 amide bonds. The van der Waals surface area contributed by atoms with Crippen LogP contribution in [0, 0.1) is 0 Å². The monoisotopic (exact) mass is 390 g/mol. The third-order valence-corrected chi connectivity index (χ3v) is 5.06. The Labute approximate surface area is 165 Å². The molecule has 0 radical (unpaired) electrons. The third kappa shape index (κ3) is 5.17. The molecule has 9 heteroatoms. The van der Waals surface area contributed by atoms with Crippen molar-refractivity contribution < 1.29 is 14.3 Å². The van der Waals surface area contributed by atoms with E-state index in [1.807, 2.05) is 13.8 Å². The molecule has 2 N–H and O–H groups in total. The largest absolute Gasteiger partial charge is 0.375 e. The molecule has 28 heavy (non-hydrogen) atoms. The average molecular weight is 390 g/mol. The predicted octanol–water partition coefficient (Wildman–Crippen LogP) is 0.347. The molecular weight excluding hydrogens is 360 g/mol. The van der Waals surface area contributed by atoms with Crippen molar-refractivity contribution in [1.29, 1.82) is 0 Å². The van der Waals surface area contributed by atoms with Gasteiger partial charge in [-0.1, -0.05) is 0 Å². The Balaban J connectivity index is 1.50. The van der Waals surface area contributed by atoms with Crippen molar-refractivity contribution >= 4 is 17.8 Å². The second-order valence-electron chi connectivity index (χ2n) is 8.06. The molecule has 0 unspecified atom stereocenters. The first-order valence-corrected chi connectivity index (χ1v) is 9.77. The van der Waals surface area contributed by atoms with Crippen molar-refractivity contribution in [3.63, 3.8) is 0 Å². The molecule has 0 spiro atoms. The minimum atomic E-state index is -0.166. The van der Waals surface area contributed by atoms with Crippen LogP contribution in [0.1, 0.15) is 37.0 Å². The minimum Gasteiger partial charge on any atom is -0.375 e. The molecule has 3 rings (SSSR count). The fourth-order valence-corrected chi connectivity index (χ4v) is 3.59. The van der Waals surface area contributed by atoms with Crippen LogP contribution >= 0.6 is 0 Å². The van der Waals surface area contributed by atoms with Crippen molar-refractivity contribution in [3.05, 3.63) is 18.0 Å². The van der Waals surface area contributed by atoms with Crippen LogP contribution in [0.4, 0.5) is 5.95 Å². The Morgan fingerprint density at radius 3 is 2.64 bits per heavy atom. The molecule has 2 saturated heterocycles. The summed E-state index contributed by atoms with van der Waals surface area (Å²) in [5.41, 5.74) is 0.449. The highest BCUT2D eigenvalue weighted by molar-refractivity contribution is 5.93. The molecule has 3 heterocycles. The van der Waals surface area contributed by atoms with Crippen molar-refractivity contribution in [2.45, 2.75) is 50.9 Å². The number of nitrogens with zero attached hydrogens (tertiary/aromatic N) is 4. The fourth-order valence-electron chi connectivity index (χ4n) is 3.59. The fraction of sp³-hybridized carbons (Fsp3) is 0.684. The lowest BCUT2D eigenvalue weighted by atomic mass is 10.1. The number of hydrogen-bond donors (Lipinski definition) is 2. The van der Waals surface area contributed by atoms with E-state index < -0.39 is 0 Å². The van der Waals surface area contributed by atoms with Gasteiger partial charge in [-0.3, -0.25) is 14.5 Å². The van der Waals surface area contributed by atoms with E-state index in [0.717, 1.165) is 19.5 Å². The van der Waals surface area contributed by atoms with Gasteiger partial charge in [0.1, 0.15) is 0 Å². The Morgan fingerprint density at radius 1 is 1.29 bits per heavy atom. The summed E-state index contributed by atoms with van der Waals surface area (Å²) in [7, 11) is 3.51. The molecule has 154 valence electrons. The van der Waals surface area contributed by atoms with Gasteiger partial charge >= 0.3 is 0 Å². The molecule has 1 aromatic heterocycles. The van der Waals surface area contributed by atoms with Crippen LogP contribution in [0.5, 0.6) is 0 Å². The van der Waals surface area contributed by atoms with Crippen LogP contribution in [0.2, 0.25) is 0 Å². The molecule has 3 atom stereocenters. The van der Waals surface area contributed by atoms with Gasteiger partial charge in [0.15, 0.2) is 0 Å². The number of morpholine rings is 1. The summed E-state index contributed by atoms with van der Waals surface area (Å²) in [5.74, 6) is 0.420. The van der Waals surface area contributed by atoms with E-state index in [0.29, 0.717) is 24.5 Å². The van der Waals surface area contributed by atoms with Crippen molar-refractivity contribution in [1.82, 2.24) is 25.1 Å². The smallest absolute Gasteiger partial charge is 0.254 e. The highest BCUT2D eigenvalue weighted by atomic mass is 16.5. The summed E-state index contributed by atoms with van der Waals surface area (Å²) in [4.78, 5) is 36.7. The summed E-state index contributed by atoms with van der Waals surface area (Å²) in [6, 6.07) is 0.567. The Hall–Kier alpha value is -2.26. The number of anilines is 1. The third-order valence-electron chi connectivity index (χ3n) is 5.06. The first kappa shape index (κ1) is 20.5. The van der Waals surface area contributed by atoms with E-state index >= 15 is 0 Å². The van der Waals surface area contributed by atoms with Gasteiger partial charge in [0, 0.05) is 57.7 Å². The quantitative estimate of drug-likeness (QED) is 0.723. The van der Waals surface area contributed by atoms with Crippen LogP contribution < -0.4 is 10.6 Å². The van der Waals surface area contributed by atoms with Crippen LogP contribution in [0.3, 0.4) is 0 Å². The molecule has 1 aromatic rings. The lowest BCUT2D eigenvalue weighted by Gasteiger charge is -2.35. The predicted molar refractivity (Wildman–Crippen MR) is 105 cm³/mol. The SMILES string of the molecule is CC(C)Nc1ncc(C(=O)N[C@@H]2C[C@H]3CO[C@@H](CC(=O)N(C)C)CN3C2)cn1. The normalized spacial score (nSPS) is 24.7. The van der Waals surface area contributed by atoms with Crippen LogP contribution in [0.25, 0.3) is 0 Å². The van der Waals surface area contributed by atoms with E-state index in [9.17, 15) is 9.59 Å². The number of nitrogens with one attached hydrogen (secondary N) is 2. The number of hydrogen-bond acceptors (Lipinski definition) is 7. The summed E-state index contributed by atoms with van der Waals surface area (Å²) in [6.45, 7) is 6.08. The number of aromatic nitrogens is 2. The molecule has 0 bridgehead atoms. The lowest BCUT2D eigenvalue weighted by Crippen LogP contribution is -2.47. The van der Waals surface area contributed by atoms with Gasteiger partial charge in [-0.15, -0.1) is 0 Å². The van der Waals surface area contributed by atoms with Crippen LogP contribution in [-0.2, 0) is 9.53 Å². The van der Waals surface area contributed by atoms with Gasteiger partial charge in [-0.2, -0.15) is 0 Å². The minimum absolute atomic E-state index is 0.0536. The second-order valence-corrected chi connectivity index (χ2v) is 8.06. The van der Waals surface area contributed by atoms with E-state index in [-0.39, 0.29) is 36.0 Å². The maximum Gasteiger partial charge on any atom is 0.254 e. The Morgan fingerprint density at radius 2 is 2.00 bits per heavy atom. The topological polar surface area (TPSA) is 99.7 Å². The number of ether oxygens (including phenoxy) is 1. The number of carbonyl (C=O) groups excluding carboxylic acids is 2. The standard InChI is InChI=1S/C19H30N6O3/c1-12(2)22-19-20-7-13(8-21-19)18(27)23-14-5-15-11-28-16(10-25(15)9-14)6-17(26)24(3)4/h7-8,12,14-16H,5-6,9-11H2,1-4H3,(H,23,27)(H,20,21,22)/t14-,15+,16+/m1/s1. The second kappa shape index (κ2) is 8.83. The summed E-state index contributed by atoms with van der Waals surface area (Å²) < 4.78 is 5.87. The van der Waals surface area contributed by atoms with Crippen molar-refractivity contribution in [3.8, 4) is 0 Å². The highest BCUT2D eigenvalue weighted by Gasteiger charge is 2.38. The lowest BCUT2D eigenvalue weighted by molar-refractivity contribution is -0.134. The van der Waals surface area contributed by atoms with E-state index in [4.69, 9.17) is 4.74 Å². The van der Waals surface area contributed by atoms with Crippen LogP contribution in [-0.4, -0.2) is 89.6 Å². The molecule has 2 fully saturated rings. The van der Waals surface area contributed by atoms with Gasteiger partial charge in [0.05, 0.1) is 24.7 Å². The zero-order chi connectivity index (χ0) is 20.3. The zero-order valence-electron chi connectivity index (χ0n) is 17.0. The average Bonchev–Trinajstić information content (AvgIpc) is 3.03. The maximum atomic E-state index is 12.5. The number of rotatable bonds is 6. The van der Waals surface area contributed by atoms with Gasteiger partial charge < -0.3 is 20.3 Å². The summed E-state index contributed by atoms with van der Waals surface area (Å²) >= 11 is 0. The van der Waals surface area contributed by atoms with Crippen molar-refractivity contribution in [2.75, 3.05) is 39.1 Å². The summed E-state index contributed by atoms with van der Waals surface area (Å²) in [5, 5.41) is 6.17. The van der Waals surface area contributed by atoms with E-state index in [2.05, 4.69) is 25.5 Å². The van der Waals surface area contributed by atoms with E-state index in [1.165, 1.54) is 0 Å². The number of fused-ring (bicyclic) bond motifs is 1. The zero-order valence-corrected chi connectivity index (χ0v) is 17.0. The number of amides is 2. The van der Waals surface area contributed by atoms with Gasteiger partial charge in [0.2, 0.25) is 11.9 Å². The number of carbonyl (C=O) groups is 2. The maximum absolute atomic E-state index is 12.5. The molecular formula is C19H30N6O3. The Bertz CT molecular complexity index is 693. The molecule has 2 aliphatic rings. The molecule has 9 nitrogen and oxygen atoms in total. The van der Waals surface area contributed by atoms with Gasteiger partial charge in [0.25, 0.3) is 5.91 Å². The summed E-state index contributed by atoms with van der Waals surface area (Å²) in [6.07, 6.45) is 4.23. The molecule has 0 aliphatic carbocycles. The Kier molecular flexibility index (Phi) is 6.46. The van der Waals surface area contributed by atoms with Gasteiger partial charge in [-0.25, -0.2) is 9.97 Å². The van der Waals surface area contributed by atoms with Crippen molar-refractivity contribution in [2.24, 2.45) is 0 Å². The molecule has 0 aromatic carbocycles. The first-order chi connectivity index (χ1) is 13.3. The molecule has 0 saturated carbocycles. The first-order valence-electron chi connectivity index (χ1n) is 9.77. The molecule has 2 aliphatic heterocycles. The van der Waals surface area contributed by atoms with Crippen LogP contribution in [0.15, 0.2) is 12.4 Å². The van der Waals surface area contributed by atoms with Gasteiger partial charge in [-0.05, 0) is 20.3 Å². The van der Waals surface area contributed by atoms with E-state index in [1.54, 1.807) is 31.4 Å². The highest BCUT2D eigenvalue weighted by Crippen LogP contribution is 2.24.